The molecule has 0 saturated carbocycles. The van der Waals surface area contributed by atoms with Crippen LogP contribution in [0.1, 0.15) is 16.7 Å². The Morgan fingerprint density at radius 3 is 2.44 bits per heavy atom. The van der Waals surface area contributed by atoms with Crippen molar-refractivity contribution >= 4 is 11.6 Å². The Labute approximate surface area is 211 Å². The van der Waals surface area contributed by atoms with E-state index < -0.39 is 17.5 Å². The summed E-state index contributed by atoms with van der Waals surface area (Å²) in [5.41, 5.74) is 3.97. The Balaban J connectivity index is 1.43. The Kier molecular flexibility index (Phi) is 7.94. The third-order valence-corrected chi connectivity index (χ3v) is 5.92. The molecule has 4 aromatic rings. The fourth-order valence-corrected chi connectivity index (χ4v) is 3.89. The van der Waals surface area contributed by atoms with E-state index in [-0.39, 0.29) is 19.8 Å². The molecule has 9 nitrogen and oxygen atoms in total. The monoisotopic (exact) mass is 512 g/mol. The van der Waals surface area contributed by atoms with Crippen molar-refractivity contribution in [3.05, 3.63) is 103 Å². The summed E-state index contributed by atoms with van der Waals surface area (Å²) in [5.74, 6) is 0.359. The number of ether oxygens (including phenoxy) is 2. The molecule has 3 aromatic carbocycles. The number of aliphatic hydroxyl groups excluding tert-OH is 2. The van der Waals surface area contributed by atoms with Crippen molar-refractivity contribution in [1.82, 2.24) is 9.72 Å². The van der Waals surface area contributed by atoms with Crippen molar-refractivity contribution in [1.29, 1.82) is 0 Å². The molecule has 36 heavy (non-hydrogen) atoms. The minimum Gasteiger partial charge on any atom is -0.491 e. The van der Waals surface area contributed by atoms with Crippen molar-refractivity contribution in [2.45, 2.75) is 26.2 Å². The summed E-state index contributed by atoms with van der Waals surface area (Å²) >= 11 is 6.52. The third kappa shape index (κ3) is 6.06. The fourth-order valence-electron chi connectivity index (χ4n) is 3.62. The number of nitrogens with one attached hydrogen (secondary N) is 1. The molecule has 0 bridgehead atoms. The predicted molar refractivity (Wildman–Crippen MR) is 134 cm³/mol. The number of nitrogens with zero attached hydrogens (tertiary/aromatic N) is 1. The van der Waals surface area contributed by atoms with Gasteiger partial charge in [-0.3, -0.25) is 0 Å². The van der Waals surface area contributed by atoms with Crippen molar-refractivity contribution in [2.24, 2.45) is 0 Å². The van der Waals surface area contributed by atoms with E-state index in [1.54, 1.807) is 36.4 Å². The molecular weight excluding hydrogens is 488 g/mol. The number of hydrogen-bond donors (Lipinski definition) is 3. The van der Waals surface area contributed by atoms with Gasteiger partial charge in [0.1, 0.15) is 30.8 Å². The summed E-state index contributed by atoms with van der Waals surface area (Å²) in [6, 6.07) is 18.3. The molecule has 3 N–H and O–H groups in total. The minimum atomic E-state index is -0.954. The number of rotatable bonds is 10. The highest BCUT2D eigenvalue weighted by Gasteiger charge is 2.12. The molecule has 0 aliphatic rings. The first-order chi connectivity index (χ1) is 17.3. The lowest BCUT2D eigenvalue weighted by atomic mass is 9.96. The summed E-state index contributed by atoms with van der Waals surface area (Å²) in [6.45, 7) is 2.06. The molecule has 0 amide bonds. The molecule has 0 aliphatic heterocycles. The zero-order chi connectivity index (χ0) is 25.7. The number of aliphatic hydroxyl groups is 2. The van der Waals surface area contributed by atoms with Gasteiger partial charge < -0.3 is 24.2 Å². The normalized spacial score (nSPS) is 11.9. The summed E-state index contributed by atoms with van der Waals surface area (Å²) in [7, 11) is 0. The average molecular weight is 513 g/mol. The van der Waals surface area contributed by atoms with Gasteiger partial charge in [-0.05, 0) is 59.5 Å². The molecule has 1 atom stereocenters. The van der Waals surface area contributed by atoms with Crippen LogP contribution < -0.4 is 20.9 Å². The van der Waals surface area contributed by atoms with Gasteiger partial charge >= 0.3 is 11.4 Å². The lowest BCUT2D eigenvalue weighted by molar-refractivity contribution is 0.0536. The molecule has 0 fully saturated rings. The fraction of sp³-hybridized carbons (Fsp3) is 0.231. The smallest absolute Gasteiger partial charge is 0.440 e. The second kappa shape index (κ2) is 11.3. The number of H-pyrrole nitrogens is 1. The van der Waals surface area contributed by atoms with E-state index in [4.69, 9.17) is 30.7 Å². The Morgan fingerprint density at radius 2 is 1.78 bits per heavy atom. The Bertz CT molecular complexity index is 1440. The standard InChI is InChI=1S/C26H25ClN2O7/c1-16-18(14-34-20-7-5-17(6-8-20)12-29-25(32)28-26(33)36-29)3-2-4-22(16)23-10-9-21(11-24(23)27)35-15-19(31)13-30/h2-11,19,30-31H,12-15H2,1H3,(H,28,32,33)/t19-/m0/s1. The van der Waals surface area contributed by atoms with Crippen LogP contribution in [0.15, 0.2) is 74.8 Å². The van der Waals surface area contributed by atoms with E-state index in [9.17, 15) is 14.7 Å². The highest BCUT2D eigenvalue weighted by atomic mass is 35.5. The van der Waals surface area contributed by atoms with Gasteiger partial charge in [0.05, 0.1) is 18.2 Å². The van der Waals surface area contributed by atoms with E-state index in [1.807, 2.05) is 36.2 Å². The molecule has 0 radical (unpaired) electrons. The van der Waals surface area contributed by atoms with Crippen LogP contribution in [0.5, 0.6) is 11.5 Å². The third-order valence-electron chi connectivity index (χ3n) is 5.60. The summed E-state index contributed by atoms with van der Waals surface area (Å²) < 4.78 is 17.2. The molecule has 0 saturated heterocycles. The summed E-state index contributed by atoms with van der Waals surface area (Å²) in [5, 5.41) is 18.9. The zero-order valence-corrected chi connectivity index (χ0v) is 20.2. The van der Waals surface area contributed by atoms with Gasteiger partial charge in [0, 0.05) is 5.56 Å². The lowest BCUT2D eigenvalue weighted by Crippen LogP contribution is -2.21. The van der Waals surface area contributed by atoms with Gasteiger partial charge in [-0.1, -0.05) is 41.9 Å². The van der Waals surface area contributed by atoms with E-state index >= 15 is 0 Å². The van der Waals surface area contributed by atoms with Crippen LogP contribution in [-0.2, 0) is 13.2 Å². The highest BCUT2D eigenvalue weighted by Crippen LogP contribution is 2.34. The second-order valence-corrected chi connectivity index (χ2v) is 8.56. The quantitative estimate of drug-likeness (QED) is 0.298. The van der Waals surface area contributed by atoms with Crippen LogP contribution in [0.4, 0.5) is 0 Å². The second-order valence-electron chi connectivity index (χ2n) is 8.16. The topological polar surface area (TPSA) is 127 Å². The van der Waals surface area contributed by atoms with E-state index in [0.29, 0.717) is 23.1 Å². The van der Waals surface area contributed by atoms with E-state index in [2.05, 4.69) is 0 Å². The van der Waals surface area contributed by atoms with Crippen LogP contribution in [-0.4, -0.2) is 39.3 Å². The largest absolute Gasteiger partial charge is 0.491 e. The van der Waals surface area contributed by atoms with Crippen molar-refractivity contribution in [3.8, 4) is 22.6 Å². The minimum absolute atomic E-state index is 0.0277. The van der Waals surface area contributed by atoms with Gasteiger partial charge in [-0.2, -0.15) is 0 Å². The maximum Gasteiger partial charge on any atom is 0.440 e. The van der Waals surface area contributed by atoms with E-state index in [0.717, 1.165) is 32.6 Å². The Morgan fingerprint density at radius 1 is 1.03 bits per heavy atom. The summed E-state index contributed by atoms with van der Waals surface area (Å²) in [4.78, 5) is 24.8. The molecule has 0 spiro atoms. The van der Waals surface area contributed by atoms with Crippen molar-refractivity contribution < 1.29 is 24.2 Å². The molecule has 1 heterocycles. The van der Waals surface area contributed by atoms with Gasteiger partial charge in [-0.15, -0.1) is 4.74 Å². The number of benzene rings is 3. The number of aromatic nitrogens is 2. The van der Waals surface area contributed by atoms with Gasteiger partial charge in [0.2, 0.25) is 0 Å². The SMILES string of the molecule is Cc1c(COc2ccc(Cn3oc(=O)[nH]c3=O)cc2)cccc1-c1ccc(OC[C@@H](O)CO)cc1Cl. The van der Waals surface area contributed by atoms with Gasteiger partial charge in [0.15, 0.2) is 0 Å². The van der Waals surface area contributed by atoms with Gasteiger partial charge in [0.25, 0.3) is 0 Å². The van der Waals surface area contributed by atoms with Gasteiger partial charge in [-0.25, -0.2) is 14.6 Å². The first kappa shape index (κ1) is 25.3. The lowest BCUT2D eigenvalue weighted by Gasteiger charge is -2.15. The molecule has 0 aliphatic carbocycles. The molecule has 0 unspecified atom stereocenters. The Hall–Kier alpha value is -3.79. The van der Waals surface area contributed by atoms with Crippen molar-refractivity contribution in [2.75, 3.05) is 13.2 Å². The first-order valence-corrected chi connectivity index (χ1v) is 11.5. The number of aromatic amines is 1. The van der Waals surface area contributed by atoms with Crippen LogP contribution >= 0.6 is 11.6 Å². The molecule has 4 rings (SSSR count). The van der Waals surface area contributed by atoms with Crippen LogP contribution in [0.2, 0.25) is 5.02 Å². The molecular formula is C26H25ClN2O7. The molecule has 1 aromatic heterocycles. The average Bonchev–Trinajstić information content (AvgIpc) is 3.19. The molecule has 188 valence electrons. The number of halogens is 1. The maximum absolute atomic E-state index is 11.6. The van der Waals surface area contributed by atoms with Crippen molar-refractivity contribution in [3.63, 3.8) is 0 Å². The zero-order valence-electron chi connectivity index (χ0n) is 19.4. The summed E-state index contributed by atoms with van der Waals surface area (Å²) in [6.07, 6.45) is -0.954. The van der Waals surface area contributed by atoms with Crippen LogP contribution in [0.25, 0.3) is 11.1 Å². The highest BCUT2D eigenvalue weighted by molar-refractivity contribution is 6.33. The van der Waals surface area contributed by atoms with E-state index in [1.165, 1.54) is 0 Å². The maximum atomic E-state index is 11.6. The van der Waals surface area contributed by atoms with Crippen LogP contribution in [0.3, 0.4) is 0 Å². The molecule has 10 heteroatoms. The number of hydrogen-bond acceptors (Lipinski definition) is 7. The first-order valence-electron chi connectivity index (χ1n) is 11.2. The predicted octanol–water partition coefficient (Wildman–Crippen LogP) is 3.12. The van der Waals surface area contributed by atoms with Crippen LogP contribution in [0, 0.1) is 6.92 Å².